The molecule has 0 spiro atoms. The molecule has 38 heavy (non-hydrogen) atoms. The third-order valence-corrected chi connectivity index (χ3v) is 7.73. The van der Waals surface area contributed by atoms with Gasteiger partial charge in [0.2, 0.25) is 11.8 Å². The van der Waals surface area contributed by atoms with Gasteiger partial charge in [-0.15, -0.1) is 0 Å². The van der Waals surface area contributed by atoms with E-state index in [1.807, 2.05) is 0 Å². The number of halogens is 1. The van der Waals surface area contributed by atoms with Gasteiger partial charge in [0, 0.05) is 13.6 Å². The van der Waals surface area contributed by atoms with Crippen LogP contribution < -0.4 is 19.1 Å². The van der Waals surface area contributed by atoms with Gasteiger partial charge in [-0.3, -0.25) is 13.9 Å². The third-order valence-electron chi connectivity index (χ3n) is 5.96. The molecular formula is C27H30FN3O6S. The average molecular weight is 544 g/mol. The molecule has 0 heterocycles. The fraction of sp³-hybridized carbons (Fsp3) is 0.259. The SMILES string of the molecule is CNC(=O)[C@@H](C)N(Cc1ccc(F)cc1)C(=O)CN(c1ccccc1OC)S(=O)(=O)c1ccc(OC)cc1. The van der Waals surface area contributed by atoms with E-state index in [4.69, 9.17) is 9.47 Å². The number of para-hydroxylation sites is 2. The smallest absolute Gasteiger partial charge is 0.264 e. The van der Waals surface area contributed by atoms with Crippen LogP contribution in [0.2, 0.25) is 0 Å². The number of nitrogens with zero attached hydrogens (tertiary/aromatic N) is 2. The Bertz CT molecular complexity index is 1360. The lowest BCUT2D eigenvalue weighted by Crippen LogP contribution is -2.50. The largest absolute Gasteiger partial charge is 0.497 e. The van der Waals surface area contributed by atoms with E-state index in [9.17, 15) is 22.4 Å². The van der Waals surface area contributed by atoms with Gasteiger partial charge in [-0.2, -0.15) is 0 Å². The molecule has 0 aliphatic rings. The van der Waals surface area contributed by atoms with Crippen molar-refractivity contribution in [1.82, 2.24) is 10.2 Å². The highest BCUT2D eigenvalue weighted by Crippen LogP contribution is 2.33. The van der Waals surface area contributed by atoms with Crippen LogP contribution in [0.3, 0.4) is 0 Å². The number of sulfonamides is 1. The molecule has 9 nitrogen and oxygen atoms in total. The molecule has 0 unspecified atom stereocenters. The number of methoxy groups -OCH3 is 2. The van der Waals surface area contributed by atoms with Crippen LogP contribution in [-0.4, -0.2) is 59.0 Å². The predicted molar refractivity (Wildman–Crippen MR) is 141 cm³/mol. The summed E-state index contributed by atoms with van der Waals surface area (Å²) in [5, 5.41) is 2.51. The minimum Gasteiger partial charge on any atom is -0.497 e. The lowest BCUT2D eigenvalue weighted by molar-refractivity contribution is -0.139. The number of amides is 2. The van der Waals surface area contributed by atoms with Crippen molar-refractivity contribution in [1.29, 1.82) is 0 Å². The van der Waals surface area contributed by atoms with Crippen LogP contribution in [0.4, 0.5) is 10.1 Å². The molecule has 0 saturated carbocycles. The molecule has 0 aliphatic carbocycles. The molecule has 202 valence electrons. The Morgan fingerprint density at radius 2 is 1.58 bits per heavy atom. The Morgan fingerprint density at radius 3 is 2.16 bits per heavy atom. The summed E-state index contributed by atoms with van der Waals surface area (Å²) in [5.41, 5.74) is 0.714. The second-order valence-electron chi connectivity index (χ2n) is 8.30. The predicted octanol–water partition coefficient (Wildman–Crippen LogP) is 3.20. The Labute approximate surface area is 221 Å². The maximum Gasteiger partial charge on any atom is 0.264 e. The quantitative estimate of drug-likeness (QED) is 0.398. The first-order valence-corrected chi connectivity index (χ1v) is 13.1. The average Bonchev–Trinajstić information content (AvgIpc) is 2.94. The van der Waals surface area contributed by atoms with E-state index < -0.39 is 40.2 Å². The van der Waals surface area contributed by atoms with Gasteiger partial charge in [-0.05, 0) is 61.0 Å². The van der Waals surface area contributed by atoms with Gasteiger partial charge in [0.1, 0.15) is 29.9 Å². The van der Waals surface area contributed by atoms with Crippen molar-refractivity contribution in [3.8, 4) is 11.5 Å². The molecule has 1 N–H and O–H groups in total. The molecule has 3 rings (SSSR count). The molecule has 0 bridgehead atoms. The molecule has 11 heteroatoms. The van der Waals surface area contributed by atoms with Crippen molar-refractivity contribution in [3.05, 3.63) is 84.2 Å². The Morgan fingerprint density at radius 1 is 0.947 bits per heavy atom. The monoisotopic (exact) mass is 543 g/mol. The number of carbonyl (C=O) groups is 2. The van der Waals surface area contributed by atoms with Crippen LogP contribution in [0.5, 0.6) is 11.5 Å². The highest BCUT2D eigenvalue weighted by molar-refractivity contribution is 7.92. The van der Waals surface area contributed by atoms with Gasteiger partial charge in [0.25, 0.3) is 10.0 Å². The zero-order valence-corrected chi connectivity index (χ0v) is 22.4. The number of nitrogens with one attached hydrogen (secondary N) is 1. The first-order chi connectivity index (χ1) is 18.1. The summed E-state index contributed by atoms with van der Waals surface area (Å²) in [7, 11) is 0.0301. The van der Waals surface area contributed by atoms with Crippen molar-refractivity contribution in [2.45, 2.75) is 24.4 Å². The number of rotatable bonds is 11. The van der Waals surface area contributed by atoms with E-state index in [1.54, 1.807) is 18.2 Å². The molecule has 3 aromatic rings. The summed E-state index contributed by atoms with van der Waals surface area (Å²) in [5.74, 6) is -0.829. The maximum absolute atomic E-state index is 13.9. The minimum atomic E-state index is -4.27. The van der Waals surface area contributed by atoms with E-state index in [-0.39, 0.29) is 22.9 Å². The maximum atomic E-state index is 13.9. The summed E-state index contributed by atoms with van der Waals surface area (Å²) in [4.78, 5) is 27.4. The Hall–Kier alpha value is -4.12. The van der Waals surface area contributed by atoms with Crippen LogP contribution >= 0.6 is 0 Å². The summed E-state index contributed by atoms with van der Waals surface area (Å²) in [6.07, 6.45) is 0. The van der Waals surface area contributed by atoms with E-state index >= 15 is 0 Å². The number of ether oxygens (including phenoxy) is 2. The number of anilines is 1. The number of hydrogen-bond donors (Lipinski definition) is 1. The van der Waals surface area contributed by atoms with E-state index in [1.165, 1.54) is 87.7 Å². The lowest BCUT2D eigenvalue weighted by atomic mass is 10.1. The molecule has 0 fully saturated rings. The minimum absolute atomic E-state index is 0.0456. The molecule has 0 aromatic heterocycles. The van der Waals surface area contributed by atoms with Crippen LogP contribution in [0.25, 0.3) is 0 Å². The van der Waals surface area contributed by atoms with Crippen LogP contribution in [0.1, 0.15) is 12.5 Å². The molecule has 1 atom stereocenters. The number of hydrogen-bond acceptors (Lipinski definition) is 6. The third kappa shape index (κ3) is 6.41. The second-order valence-corrected chi connectivity index (χ2v) is 10.2. The number of carbonyl (C=O) groups excluding carboxylic acids is 2. The highest BCUT2D eigenvalue weighted by atomic mass is 32.2. The zero-order chi connectivity index (χ0) is 27.9. The summed E-state index contributed by atoms with van der Waals surface area (Å²) in [6, 6.07) is 16.7. The molecule has 3 aromatic carbocycles. The van der Waals surface area contributed by atoms with E-state index in [2.05, 4.69) is 5.32 Å². The standard InChI is InChI=1S/C27H30FN3O6S/c1-19(27(33)29-2)30(17-20-9-11-21(28)12-10-20)26(32)18-31(24-7-5-6-8-25(24)37-4)38(34,35)23-15-13-22(36-3)14-16-23/h5-16,19H,17-18H2,1-4H3,(H,29,33)/t19-/m1/s1. The van der Waals surface area contributed by atoms with Crippen molar-refractivity contribution in [2.75, 3.05) is 32.1 Å². The van der Waals surface area contributed by atoms with Crippen LogP contribution in [-0.2, 0) is 26.2 Å². The number of likely N-dealkylation sites (N-methyl/N-ethyl adjacent to an activating group) is 1. The van der Waals surface area contributed by atoms with Crippen LogP contribution in [0.15, 0.2) is 77.7 Å². The van der Waals surface area contributed by atoms with Crippen molar-refractivity contribution >= 4 is 27.5 Å². The molecule has 0 aliphatic heterocycles. The van der Waals surface area contributed by atoms with E-state index in [0.717, 1.165) is 4.31 Å². The fourth-order valence-corrected chi connectivity index (χ4v) is 5.23. The summed E-state index contributed by atoms with van der Waals surface area (Å²) < 4.78 is 52.6. The Balaban J connectivity index is 2.06. The fourth-order valence-electron chi connectivity index (χ4n) is 3.80. The molecule has 0 radical (unpaired) electrons. The second kappa shape index (κ2) is 12.4. The molecular weight excluding hydrogens is 513 g/mol. The normalized spacial score (nSPS) is 11.8. The first kappa shape index (κ1) is 28.5. The van der Waals surface area contributed by atoms with Crippen molar-refractivity contribution < 1.29 is 31.9 Å². The van der Waals surface area contributed by atoms with Gasteiger partial charge in [-0.1, -0.05) is 24.3 Å². The van der Waals surface area contributed by atoms with Gasteiger partial charge >= 0.3 is 0 Å². The van der Waals surface area contributed by atoms with Crippen molar-refractivity contribution in [3.63, 3.8) is 0 Å². The summed E-state index contributed by atoms with van der Waals surface area (Å²) in [6.45, 7) is 0.860. The van der Waals surface area contributed by atoms with Crippen molar-refractivity contribution in [2.24, 2.45) is 0 Å². The van der Waals surface area contributed by atoms with E-state index in [0.29, 0.717) is 11.3 Å². The number of benzene rings is 3. The van der Waals surface area contributed by atoms with Gasteiger partial charge in [0.05, 0.1) is 24.8 Å². The highest BCUT2D eigenvalue weighted by Gasteiger charge is 2.33. The lowest BCUT2D eigenvalue weighted by Gasteiger charge is -2.32. The summed E-state index contributed by atoms with van der Waals surface area (Å²) >= 11 is 0. The topological polar surface area (TPSA) is 105 Å². The zero-order valence-electron chi connectivity index (χ0n) is 21.5. The van der Waals surface area contributed by atoms with Gasteiger partial charge < -0.3 is 19.7 Å². The van der Waals surface area contributed by atoms with Crippen LogP contribution in [0, 0.1) is 5.82 Å². The Kier molecular flexibility index (Phi) is 9.30. The first-order valence-electron chi connectivity index (χ1n) is 11.7. The van der Waals surface area contributed by atoms with Gasteiger partial charge in [-0.25, -0.2) is 12.8 Å². The molecule has 2 amide bonds. The molecule has 0 saturated heterocycles. The van der Waals surface area contributed by atoms with Gasteiger partial charge in [0.15, 0.2) is 0 Å².